The van der Waals surface area contributed by atoms with Gasteiger partial charge in [0.05, 0.1) is 0 Å². The highest BCUT2D eigenvalue weighted by Gasteiger charge is 2.19. The lowest BCUT2D eigenvalue weighted by atomic mass is 9.85. The average Bonchev–Trinajstić information content (AvgIpc) is 3.57. The van der Waals surface area contributed by atoms with Gasteiger partial charge in [-0.25, -0.2) is 0 Å². The van der Waals surface area contributed by atoms with Crippen molar-refractivity contribution in [2.75, 3.05) is 0 Å². The van der Waals surface area contributed by atoms with Crippen molar-refractivity contribution in [3.8, 4) is 44.5 Å². The molecule has 0 saturated heterocycles. The number of rotatable bonds is 4. The van der Waals surface area contributed by atoms with E-state index >= 15 is 0 Å². The molecule has 0 aliphatic rings. The van der Waals surface area contributed by atoms with E-state index in [4.69, 9.17) is 4.42 Å². The largest absolute Gasteiger partial charge is 0.456 e. The number of aryl methyl sites for hydroxylation is 1. The van der Waals surface area contributed by atoms with Gasteiger partial charge in [-0.15, -0.1) is 0 Å². The van der Waals surface area contributed by atoms with Gasteiger partial charge in [0.25, 0.3) is 0 Å². The van der Waals surface area contributed by atoms with Crippen LogP contribution in [0.5, 0.6) is 0 Å². The van der Waals surface area contributed by atoms with Crippen LogP contribution in [-0.2, 0) is 0 Å². The van der Waals surface area contributed by atoms with Crippen molar-refractivity contribution in [2.45, 2.75) is 6.92 Å². The van der Waals surface area contributed by atoms with E-state index in [-0.39, 0.29) is 0 Å². The highest BCUT2D eigenvalue weighted by atomic mass is 16.3. The van der Waals surface area contributed by atoms with E-state index in [1.54, 1.807) is 0 Å². The Morgan fingerprint density at radius 2 is 1.00 bits per heavy atom. The van der Waals surface area contributed by atoms with Crippen LogP contribution in [0.3, 0.4) is 0 Å². The van der Waals surface area contributed by atoms with Crippen LogP contribution in [0.2, 0.25) is 0 Å². The van der Waals surface area contributed by atoms with E-state index < -0.39 is 0 Å². The van der Waals surface area contributed by atoms with Crippen LogP contribution in [0.25, 0.3) is 110 Å². The average molecular weight is 673 g/mol. The fraction of sp³-hybridized carbons (Fsp3) is 0.0196. The predicted molar refractivity (Wildman–Crippen MR) is 230 cm³/mol. The molecule has 53 heavy (non-hydrogen) atoms. The van der Waals surface area contributed by atoms with Gasteiger partial charge in [-0.05, 0) is 119 Å². The van der Waals surface area contributed by atoms with E-state index in [9.17, 15) is 0 Å². The normalized spacial score (nSPS) is 11.9. The van der Waals surface area contributed by atoms with Crippen molar-refractivity contribution in [1.82, 2.24) is 0 Å². The molecule has 0 amide bonds. The molecular weight excluding hydrogens is 639 g/mol. The van der Waals surface area contributed by atoms with E-state index in [0.717, 1.165) is 11.2 Å². The summed E-state index contributed by atoms with van der Waals surface area (Å²) in [6.45, 7) is 2.15. The first kappa shape index (κ1) is 30.0. The van der Waals surface area contributed by atoms with E-state index in [1.807, 2.05) is 0 Å². The fourth-order valence-electron chi connectivity index (χ4n) is 8.89. The number of fused-ring (bicyclic) bond motifs is 3. The summed E-state index contributed by atoms with van der Waals surface area (Å²) >= 11 is 0. The van der Waals surface area contributed by atoms with Gasteiger partial charge < -0.3 is 4.42 Å². The third-order valence-corrected chi connectivity index (χ3v) is 11.3. The second-order valence-electron chi connectivity index (χ2n) is 14.6. The molecule has 1 aromatic heterocycles. The molecule has 246 valence electrons. The van der Waals surface area contributed by atoms with E-state index in [1.165, 1.54) is 109 Å². The van der Waals surface area contributed by atoms with Gasteiger partial charge in [0.2, 0.25) is 0 Å². The van der Waals surface area contributed by atoms with Crippen molar-refractivity contribution in [3.05, 3.63) is 175 Å². The molecule has 0 N–H and O–H groups in total. The van der Waals surface area contributed by atoms with Gasteiger partial charge in [-0.2, -0.15) is 0 Å². The summed E-state index contributed by atoms with van der Waals surface area (Å²) in [7, 11) is 2.13. The predicted octanol–water partition coefficient (Wildman–Crippen LogP) is 12.9. The molecule has 2 heteroatoms. The monoisotopic (exact) mass is 672 g/mol. The smallest absolute Gasteiger partial charge is 0.139 e. The zero-order valence-electron chi connectivity index (χ0n) is 29.6. The van der Waals surface area contributed by atoms with Gasteiger partial charge >= 0.3 is 0 Å². The molecule has 0 saturated carbocycles. The van der Waals surface area contributed by atoms with Crippen LogP contribution in [0, 0.1) is 6.92 Å². The quantitative estimate of drug-likeness (QED) is 0.103. The van der Waals surface area contributed by atoms with Crippen molar-refractivity contribution >= 4 is 78.3 Å². The first-order valence-corrected chi connectivity index (χ1v) is 18.4. The van der Waals surface area contributed by atoms with Gasteiger partial charge in [-0.3, -0.25) is 0 Å². The summed E-state index contributed by atoms with van der Waals surface area (Å²) in [6, 6.07) is 62.8. The maximum atomic E-state index is 6.37. The minimum atomic E-state index is 0.944. The summed E-state index contributed by atoms with van der Waals surface area (Å²) in [5, 5.41) is 12.5. The molecule has 0 bridgehead atoms. The van der Waals surface area contributed by atoms with Crippen LogP contribution < -0.4 is 5.46 Å². The van der Waals surface area contributed by atoms with E-state index in [0.29, 0.717) is 0 Å². The molecule has 0 spiro atoms. The molecule has 1 heterocycles. The van der Waals surface area contributed by atoms with E-state index in [2.05, 4.69) is 185 Å². The third kappa shape index (κ3) is 4.66. The Balaban J connectivity index is 1.07. The summed E-state index contributed by atoms with van der Waals surface area (Å²) in [5.74, 6) is 0. The minimum absolute atomic E-state index is 0.944. The molecule has 0 unspecified atom stereocenters. The summed E-state index contributed by atoms with van der Waals surface area (Å²) in [4.78, 5) is 0. The van der Waals surface area contributed by atoms with Gasteiger partial charge in [0.1, 0.15) is 19.0 Å². The molecule has 0 aliphatic heterocycles. The summed E-state index contributed by atoms with van der Waals surface area (Å²) in [6.07, 6.45) is 0. The molecule has 11 rings (SSSR count). The standard InChI is InChI=1S/C51H33BO/c1-30-13-14-35-26-34(20-19-33(35)25-30)31-15-17-32(18-16-31)48-41-9-2-4-11-43(41)49(44-12-5-3-10-42(44)48)37-8-6-7-36(27-37)40-23-24-46-51-45(40)22-21-38-28-39(52)29-47(53-46)50(38)51/h2-29H,52H2,1H3. The summed E-state index contributed by atoms with van der Waals surface area (Å²) < 4.78 is 6.37. The Labute approximate surface area is 308 Å². The molecule has 10 aromatic carbocycles. The molecule has 0 aliphatic carbocycles. The Hall–Kier alpha value is -6.64. The number of furan rings is 1. The Kier molecular flexibility index (Phi) is 6.48. The van der Waals surface area contributed by atoms with Crippen LogP contribution in [0.1, 0.15) is 5.56 Å². The topological polar surface area (TPSA) is 13.1 Å². The lowest BCUT2D eigenvalue weighted by Crippen LogP contribution is -1.99. The molecule has 0 fully saturated rings. The van der Waals surface area contributed by atoms with Crippen molar-refractivity contribution < 1.29 is 4.42 Å². The first-order chi connectivity index (χ1) is 26.1. The highest BCUT2D eigenvalue weighted by Crippen LogP contribution is 2.46. The van der Waals surface area contributed by atoms with Crippen LogP contribution >= 0.6 is 0 Å². The van der Waals surface area contributed by atoms with Gasteiger partial charge in [0, 0.05) is 10.8 Å². The fourth-order valence-corrected chi connectivity index (χ4v) is 8.89. The van der Waals surface area contributed by atoms with Crippen molar-refractivity contribution in [1.29, 1.82) is 0 Å². The maximum absolute atomic E-state index is 6.37. The minimum Gasteiger partial charge on any atom is -0.456 e. The lowest BCUT2D eigenvalue weighted by molar-refractivity contribution is 0.669. The second kappa shape index (κ2) is 11.4. The van der Waals surface area contributed by atoms with Gasteiger partial charge in [0.15, 0.2) is 0 Å². The molecular formula is C51H33BO. The van der Waals surface area contributed by atoms with Crippen molar-refractivity contribution in [2.24, 2.45) is 0 Å². The maximum Gasteiger partial charge on any atom is 0.139 e. The zero-order chi connectivity index (χ0) is 35.2. The highest BCUT2D eigenvalue weighted by molar-refractivity contribution is 6.36. The number of hydrogen-bond donors (Lipinski definition) is 0. The molecule has 0 radical (unpaired) electrons. The third-order valence-electron chi connectivity index (χ3n) is 11.3. The Morgan fingerprint density at radius 1 is 0.377 bits per heavy atom. The van der Waals surface area contributed by atoms with Gasteiger partial charge in [-0.1, -0.05) is 157 Å². The van der Waals surface area contributed by atoms with Crippen LogP contribution in [0.4, 0.5) is 0 Å². The molecule has 1 nitrogen and oxygen atoms in total. The second-order valence-corrected chi connectivity index (χ2v) is 14.6. The zero-order valence-corrected chi connectivity index (χ0v) is 29.6. The lowest BCUT2D eigenvalue weighted by Gasteiger charge is -2.18. The van der Waals surface area contributed by atoms with Crippen molar-refractivity contribution in [3.63, 3.8) is 0 Å². The number of hydrogen-bond acceptors (Lipinski definition) is 1. The van der Waals surface area contributed by atoms with Crippen LogP contribution in [0.15, 0.2) is 174 Å². The summed E-state index contributed by atoms with van der Waals surface area (Å²) in [5.41, 5.74) is 14.3. The first-order valence-electron chi connectivity index (χ1n) is 18.4. The molecule has 11 aromatic rings. The molecule has 0 atom stereocenters. The van der Waals surface area contributed by atoms with Crippen LogP contribution in [-0.4, -0.2) is 7.85 Å². The Bertz CT molecular complexity index is 3180. The number of benzene rings is 10. The Morgan fingerprint density at radius 3 is 1.75 bits per heavy atom. The SMILES string of the molecule is Bc1cc2ccc3c(-c4cccc(-c5c6ccccc6c(-c6ccc(-c7ccc8cc(C)ccc8c7)cc6)c6ccccc56)c4)ccc4oc(c1)c2c43.